The summed E-state index contributed by atoms with van der Waals surface area (Å²) in [4.78, 5) is 16.0. The van der Waals surface area contributed by atoms with Crippen molar-refractivity contribution in [2.75, 3.05) is 33.4 Å². The highest BCUT2D eigenvalue weighted by Crippen LogP contribution is 2.37. The lowest BCUT2D eigenvalue weighted by atomic mass is 9.81. The fourth-order valence-corrected chi connectivity index (χ4v) is 5.32. The molecule has 2 atom stereocenters. The Hall–Kier alpha value is -2.11. The highest BCUT2D eigenvalue weighted by atomic mass is 16.5. The highest BCUT2D eigenvalue weighted by Gasteiger charge is 2.37. The SMILES string of the molecule is COc1ccc(-c2ccc3n(c2=O)CC2CC3CN(C3CCOCC3)C2)cc1. The standard InChI is InChI=1S/C23H28N2O3/c1-27-20-4-2-17(3-5-20)21-6-7-22-18-12-16(14-25(22)23(21)26)13-24(15-18)19-8-10-28-11-9-19/h2-7,16,18-19H,8-15H2,1H3. The molecule has 4 heterocycles. The lowest BCUT2D eigenvalue weighted by Gasteiger charge is -2.46. The number of likely N-dealkylation sites (tertiary alicyclic amines) is 1. The van der Waals surface area contributed by atoms with Gasteiger partial charge in [0.1, 0.15) is 5.75 Å². The fraction of sp³-hybridized carbons (Fsp3) is 0.522. The Bertz CT molecular complexity index is 899. The number of rotatable bonds is 3. The van der Waals surface area contributed by atoms with Crippen LogP contribution in [0.5, 0.6) is 5.75 Å². The number of fused-ring (bicyclic) bond motifs is 4. The first-order valence-electron chi connectivity index (χ1n) is 10.4. The molecular weight excluding hydrogens is 352 g/mol. The molecule has 3 aliphatic rings. The number of ether oxygens (including phenoxy) is 2. The van der Waals surface area contributed by atoms with Gasteiger partial charge in [0.2, 0.25) is 0 Å². The molecular formula is C23H28N2O3. The van der Waals surface area contributed by atoms with E-state index in [1.165, 1.54) is 12.1 Å². The second-order valence-electron chi connectivity index (χ2n) is 8.41. The molecule has 3 aliphatic heterocycles. The van der Waals surface area contributed by atoms with Crippen LogP contribution in [0.1, 0.15) is 30.9 Å². The second kappa shape index (κ2) is 7.37. The minimum absolute atomic E-state index is 0.150. The van der Waals surface area contributed by atoms with Crippen molar-refractivity contribution in [3.63, 3.8) is 0 Å². The smallest absolute Gasteiger partial charge is 0.258 e. The van der Waals surface area contributed by atoms with Crippen LogP contribution in [0.3, 0.4) is 0 Å². The van der Waals surface area contributed by atoms with Gasteiger partial charge in [-0.1, -0.05) is 12.1 Å². The summed E-state index contributed by atoms with van der Waals surface area (Å²) in [5, 5.41) is 0. The molecule has 5 nitrogen and oxygen atoms in total. The molecule has 28 heavy (non-hydrogen) atoms. The average Bonchev–Trinajstić information content (AvgIpc) is 2.75. The molecule has 0 aliphatic carbocycles. The van der Waals surface area contributed by atoms with Crippen LogP contribution in [0, 0.1) is 5.92 Å². The maximum Gasteiger partial charge on any atom is 0.258 e. The number of pyridine rings is 1. The first-order valence-corrected chi connectivity index (χ1v) is 10.4. The zero-order valence-electron chi connectivity index (χ0n) is 16.5. The normalized spacial score (nSPS) is 25.3. The average molecular weight is 380 g/mol. The molecule has 2 aromatic rings. The Balaban J connectivity index is 1.44. The largest absolute Gasteiger partial charge is 0.497 e. The van der Waals surface area contributed by atoms with Crippen LogP contribution >= 0.6 is 0 Å². The third-order valence-electron chi connectivity index (χ3n) is 6.74. The number of nitrogens with zero attached hydrogens (tertiary/aromatic N) is 2. The van der Waals surface area contributed by atoms with Crippen LogP contribution in [0.15, 0.2) is 41.2 Å². The first kappa shape index (κ1) is 18.0. The van der Waals surface area contributed by atoms with Crippen molar-refractivity contribution >= 4 is 0 Å². The highest BCUT2D eigenvalue weighted by molar-refractivity contribution is 5.63. The molecule has 0 radical (unpaired) electrons. The van der Waals surface area contributed by atoms with Crippen LogP contribution < -0.4 is 10.3 Å². The predicted molar refractivity (Wildman–Crippen MR) is 109 cm³/mol. The molecule has 5 rings (SSSR count). The maximum absolute atomic E-state index is 13.3. The summed E-state index contributed by atoms with van der Waals surface area (Å²) in [6.45, 7) is 4.80. The third-order valence-corrected chi connectivity index (χ3v) is 6.74. The lowest BCUT2D eigenvalue weighted by molar-refractivity contribution is 0.00589. The van der Waals surface area contributed by atoms with Gasteiger partial charge in [-0.05, 0) is 55.0 Å². The molecule has 2 saturated heterocycles. The molecule has 2 fully saturated rings. The maximum atomic E-state index is 13.3. The van der Waals surface area contributed by atoms with Gasteiger partial charge in [0.05, 0.1) is 7.11 Å². The van der Waals surface area contributed by atoms with Gasteiger partial charge in [-0.25, -0.2) is 0 Å². The number of piperidine rings is 1. The summed E-state index contributed by atoms with van der Waals surface area (Å²) in [7, 11) is 1.66. The van der Waals surface area contributed by atoms with Crippen LogP contribution in [-0.2, 0) is 11.3 Å². The molecule has 0 N–H and O–H groups in total. The van der Waals surface area contributed by atoms with Crippen LogP contribution in [0.4, 0.5) is 0 Å². The van der Waals surface area contributed by atoms with Crippen molar-refractivity contribution in [1.82, 2.24) is 9.47 Å². The lowest BCUT2D eigenvalue weighted by Crippen LogP contribution is -2.51. The number of aromatic nitrogens is 1. The van der Waals surface area contributed by atoms with E-state index in [1.54, 1.807) is 7.11 Å². The molecule has 5 heteroatoms. The Morgan fingerprint density at radius 2 is 1.79 bits per heavy atom. The Labute approximate surface area is 165 Å². The monoisotopic (exact) mass is 380 g/mol. The zero-order valence-corrected chi connectivity index (χ0v) is 16.5. The van der Waals surface area contributed by atoms with Gasteiger partial charge < -0.3 is 14.0 Å². The summed E-state index contributed by atoms with van der Waals surface area (Å²) in [6.07, 6.45) is 3.49. The van der Waals surface area contributed by atoms with E-state index in [0.717, 1.165) is 62.6 Å². The van der Waals surface area contributed by atoms with Crippen LogP contribution in [0.25, 0.3) is 11.1 Å². The molecule has 1 aromatic carbocycles. The second-order valence-corrected chi connectivity index (χ2v) is 8.41. The molecule has 0 saturated carbocycles. The topological polar surface area (TPSA) is 43.7 Å². The minimum Gasteiger partial charge on any atom is -0.497 e. The minimum atomic E-state index is 0.150. The summed E-state index contributed by atoms with van der Waals surface area (Å²) in [5.74, 6) is 1.84. The third kappa shape index (κ3) is 3.16. The van der Waals surface area contributed by atoms with E-state index >= 15 is 0 Å². The molecule has 0 spiro atoms. The number of methoxy groups -OCH3 is 1. The van der Waals surface area contributed by atoms with Gasteiger partial charge in [-0.15, -0.1) is 0 Å². The quantitative estimate of drug-likeness (QED) is 0.821. The van der Waals surface area contributed by atoms with Gasteiger partial charge in [0.25, 0.3) is 5.56 Å². The van der Waals surface area contributed by atoms with Gasteiger partial charge in [0, 0.05) is 56.1 Å². The number of benzene rings is 1. The first-order chi connectivity index (χ1) is 13.7. The zero-order chi connectivity index (χ0) is 19.1. The summed E-state index contributed by atoms with van der Waals surface area (Å²) in [6, 6.07) is 12.6. The van der Waals surface area contributed by atoms with Crippen molar-refractivity contribution in [3.8, 4) is 16.9 Å². The summed E-state index contributed by atoms with van der Waals surface area (Å²) < 4.78 is 12.8. The van der Waals surface area contributed by atoms with Crippen molar-refractivity contribution in [1.29, 1.82) is 0 Å². The van der Waals surface area contributed by atoms with E-state index < -0.39 is 0 Å². The molecule has 2 bridgehead atoms. The molecule has 148 valence electrons. The molecule has 0 amide bonds. The van der Waals surface area contributed by atoms with Crippen molar-refractivity contribution in [2.45, 2.75) is 37.8 Å². The summed E-state index contributed by atoms with van der Waals surface area (Å²) >= 11 is 0. The van der Waals surface area contributed by atoms with Crippen molar-refractivity contribution in [2.24, 2.45) is 5.92 Å². The Morgan fingerprint density at radius 3 is 2.54 bits per heavy atom. The molecule has 2 unspecified atom stereocenters. The van der Waals surface area contributed by atoms with Crippen molar-refractivity contribution in [3.05, 3.63) is 52.4 Å². The number of hydrogen-bond donors (Lipinski definition) is 0. The van der Waals surface area contributed by atoms with Gasteiger partial charge in [0.15, 0.2) is 0 Å². The van der Waals surface area contributed by atoms with E-state index in [9.17, 15) is 4.79 Å². The van der Waals surface area contributed by atoms with E-state index in [1.807, 2.05) is 30.3 Å². The Morgan fingerprint density at radius 1 is 1.00 bits per heavy atom. The van der Waals surface area contributed by atoms with Gasteiger partial charge in [-0.3, -0.25) is 9.69 Å². The van der Waals surface area contributed by atoms with Gasteiger partial charge >= 0.3 is 0 Å². The van der Waals surface area contributed by atoms with Gasteiger partial charge in [-0.2, -0.15) is 0 Å². The van der Waals surface area contributed by atoms with E-state index in [4.69, 9.17) is 9.47 Å². The predicted octanol–water partition coefficient (Wildman–Crippen LogP) is 3.12. The van der Waals surface area contributed by atoms with Crippen LogP contribution in [0.2, 0.25) is 0 Å². The van der Waals surface area contributed by atoms with Crippen molar-refractivity contribution < 1.29 is 9.47 Å². The Kier molecular flexibility index (Phi) is 4.73. The molecule has 1 aromatic heterocycles. The summed E-state index contributed by atoms with van der Waals surface area (Å²) in [5.41, 5.74) is 3.11. The number of hydrogen-bond acceptors (Lipinski definition) is 4. The van der Waals surface area contributed by atoms with Crippen LogP contribution in [-0.4, -0.2) is 48.9 Å². The fourth-order valence-electron chi connectivity index (χ4n) is 5.32. The van der Waals surface area contributed by atoms with E-state index in [0.29, 0.717) is 17.9 Å². The van der Waals surface area contributed by atoms with E-state index in [2.05, 4.69) is 15.5 Å². The van der Waals surface area contributed by atoms with E-state index in [-0.39, 0.29) is 5.56 Å².